The Hall–Kier alpha value is -0.390. The van der Waals surface area contributed by atoms with Crippen molar-refractivity contribution in [1.29, 1.82) is 0 Å². The van der Waals surface area contributed by atoms with E-state index in [1.807, 2.05) is 0 Å². The standard InChI is InChI=1S/C9H8ClF3OS/c10-6-1-3-7(4-2-6)15-5-8(14)9(11,12)13/h1-4,8,14H,5H2. The number of thioether (sulfide) groups is 1. The monoisotopic (exact) mass is 256 g/mol. The average molecular weight is 257 g/mol. The molecule has 84 valence electrons. The molecule has 1 N–H and O–H groups in total. The van der Waals surface area contributed by atoms with Gasteiger partial charge in [0.1, 0.15) is 0 Å². The van der Waals surface area contributed by atoms with Gasteiger partial charge in [-0.2, -0.15) is 13.2 Å². The lowest BCUT2D eigenvalue weighted by molar-refractivity contribution is -0.195. The van der Waals surface area contributed by atoms with Crippen LogP contribution in [0.4, 0.5) is 13.2 Å². The summed E-state index contributed by atoms with van der Waals surface area (Å²) in [5, 5.41) is 9.25. The lowest BCUT2D eigenvalue weighted by Gasteiger charge is -2.13. The summed E-state index contributed by atoms with van der Waals surface area (Å²) in [6.07, 6.45) is -6.85. The van der Waals surface area contributed by atoms with Crippen molar-refractivity contribution in [2.75, 3.05) is 5.75 Å². The average Bonchev–Trinajstić information content (AvgIpc) is 2.15. The van der Waals surface area contributed by atoms with Crippen LogP contribution in [0.1, 0.15) is 0 Å². The Morgan fingerprint density at radius 3 is 2.27 bits per heavy atom. The van der Waals surface area contributed by atoms with Crippen LogP contribution in [0.2, 0.25) is 5.02 Å². The predicted molar refractivity (Wildman–Crippen MR) is 54.2 cm³/mol. The van der Waals surface area contributed by atoms with Crippen LogP contribution < -0.4 is 0 Å². The zero-order valence-corrected chi connectivity index (χ0v) is 9.03. The topological polar surface area (TPSA) is 20.2 Å². The predicted octanol–water partition coefficient (Wildman–Crippen LogP) is 3.36. The molecule has 0 saturated heterocycles. The fourth-order valence-electron chi connectivity index (χ4n) is 0.800. The molecule has 1 rings (SSSR count). The second-order valence-electron chi connectivity index (χ2n) is 2.82. The minimum atomic E-state index is -4.56. The van der Waals surface area contributed by atoms with Crippen LogP contribution in [0.15, 0.2) is 29.2 Å². The fraction of sp³-hybridized carbons (Fsp3) is 0.333. The molecule has 6 heteroatoms. The Bertz CT molecular complexity index is 312. The highest BCUT2D eigenvalue weighted by Crippen LogP contribution is 2.27. The third-order valence-corrected chi connectivity index (χ3v) is 2.94. The minimum absolute atomic E-state index is 0.412. The van der Waals surface area contributed by atoms with Gasteiger partial charge in [-0.1, -0.05) is 11.6 Å². The maximum absolute atomic E-state index is 11.9. The normalized spacial score (nSPS) is 13.9. The maximum Gasteiger partial charge on any atom is 0.415 e. The number of alkyl halides is 3. The van der Waals surface area contributed by atoms with Crippen molar-refractivity contribution in [2.45, 2.75) is 17.2 Å². The lowest BCUT2D eigenvalue weighted by atomic mass is 10.4. The van der Waals surface area contributed by atoms with E-state index in [2.05, 4.69) is 0 Å². The van der Waals surface area contributed by atoms with Crippen molar-refractivity contribution in [2.24, 2.45) is 0 Å². The first-order chi connectivity index (χ1) is 6.89. The third-order valence-electron chi connectivity index (χ3n) is 1.60. The smallest absolute Gasteiger partial charge is 0.383 e. The van der Waals surface area contributed by atoms with Gasteiger partial charge < -0.3 is 5.11 Å². The van der Waals surface area contributed by atoms with E-state index < -0.39 is 18.0 Å². The number of hydrogen-bond acceptors (Lipinski definition) is 2. The summed E-state index contributed by atoms with van der Waals surface area (Å²) in [4.78, 5) is 0.641. The molecule has 1 nitrogen and oxygen atoms in total. The molecule has 0 bridgehead atoms. The van der Waals surface area contributed by atoms with Crippen molar-refractivity contribution in [3.63, 3.8) is 0 Å². The number of halogens is 4. The first-order valence-electron chi connectivity index (χ1n) is 4.03. The van der Waals surface area contributed by atoms with Gasteiger partial charge in [-0.05, 0) is 24.3 Å². The molecule has 15 heavy (non-hydrogen) atoms. The molecular weight excluding hydrogens is 249 g/mol. The Morgan fingerprint density at radius 2 is 1.80 bits per heavy atom. The molecule has 0 radical (unpaired) electrons. The van der Waals surface area contributed by atoms with E-state index in [0.29, 0.717) is 9.92 Å². The molecule has 0 heterocycles. The second kappa shape index (κ2) is 5.09. The van der Waals surface area contributed by atoms with Crippen molar-refractivity contribution in [1.82, 2.24) is 0 Å². The van der Waals surface area contributed by atoms with Gasteiger partial charge in [-0.25, -0.2) is 0 Å². The molecule has 0 fully saturated rings. The summed E-state index contributed by atoms with van der Waals surface area (Å²) < 4.78 is 35.8. The molecule has 1 atom stereocenters. The molecule has 0 amide bonds. The van der Waals surface area contributed by atoms with Crippen molar-refractivity contribution in [3.8, 4) is 0 Å². The van der Waals surface area contributed by atoms with E-state index in [9.17, 15) is 13.2 Å². The SMILES string of the molecule is OC(CSc1ccc(Cl)cc1)C(F)(F)F. The molecule has 1 aromatic rings. The van der Waals surface area contributed by atoms with E-state index in [-0.39, 0.29) is 0 Å². The molecule has 0 spiro atoms. The molecule has 0 aliphatic carbocycles. The van der Waals surface area contributed by atoms with Crippen molar-refractivity contribution >= 4 is 23.4 Å². The highest BCUT2D eigenvalue weighted by atomic mass is 35.5. The van der Waals surface area contributed by atoms with Crippen molar-refractivity contribution in [3.05, 3.63) is 29.3 Å². The molecule has 1 aromatic carbocycles. The number of hydrogen-bond donors (Lipinski definition) is 1. The van der Waals surface area contributed by atoms with Crippen molar-refractivity contribution < 1.29 is 18.3 Å². The van der Waals surface area contributed by atoms with Gasteiger partial charge in [-0.15, -0.1) is 11.8 Å². The van der Waals surface area contributed by atoms with Gasteiger partial charge in [0.05, 0.1) is 0 Å². The molecule has 0 aliphatic heterocycles. The number of rotatable bonds is 3. The maximum atomic E-state index is 11.9. The highest BCUT2D eigenvalue weighted by Gasteiger charge is 2.37. The Kier molecular flexibility index (Phi) is 4.31. The molecular formula is C9H8ClF3OS. The van der Waals surface area contributed by atoms with E-state index in [4.69, 9.17) is 16.7 Å². The van der Waals surface area contributed by atoms with Crippen LogP contribution in [0.3, 0.4) is 0 Å². The van der Waals surface area contributed by atoms with Crippen LogP contribution in [-0.2, 0) is 0 Å². The zero-order chi connectivity index (χ0) is 11.5. The molecule has 0 aliphatic rings. The Labute approximate surface area is 94.2 Å². The Morgan fingerprint density at radius 1 is 1.27 bits per heavy atom. The van der Waals surface area contributed by atoms with E-state index in [1.54, 1.807) is 24.3 Å². The van der Waals surface area contributed by atoms with Gasteiger partial charge in [-0.3, -0.25) is 0 Å². The van der Waals surface area contributed by atoms with E-state index >= 15 is 0 Å². The van der Waals surface area contributed by atoms with Crippen LogP contribution in [0.25, 0.3) is 0 Å². The fourth-order valence-corrected chi connectivity index (χ4v) is 1.79. The Balaban J connectivity index is 2.47. The molecule has 0 saturated carbocycles. The van der Waals surface area contributed by atoms with E-state index in [0.717, 1.165) is 11.8 Å². The largest absolute Gasteiger partial charge is 0.415 e. The number of aliphatic hydroxyl groups is 1. The summed E-state index contributed by atoms with van der Waals surface area (Å²) in [6.45, 7) is 0. The quantitative estimate of drug-likeness (QED) is 0.837. The van der Waals surface area contributed by atoms with Gasteiger partial charge >= 0.3 is 6.18 Å². The number of benzene rings is 1. The summed E-state index contributed by atoms with van der Waals surface area (Å²) in [6, 6.07) is 6.39. The molecule has 1 unspecified atom stereocenters. The van der Waals surface area contributed by atoms with Crippen LogP contribution >= 0.6 is 23.4 Å². The summed E-state index contributed by atoms with van der Waals surface area (Å²) in [5.74, 6) is -0.412. The minimum Gasteiger partial charge on any atom is -0.383 e. The summed E-state index contributed by atoms with van der Waals surface area (Å²) >= 11 is 6.54. The number of aliphatic hydroxyl groups excluding tert-OH is 1. The first-order valence-corrected chi connectivity index (χ1v) is 5.39. The summed E-state index contributed by atoms with van der Waals surface area (Å²) in [7, 11) is 0. The van der Waals surface area contributed by atoms with Gasteiger partial charge in [0.2, 0.25) is 0 Å². The van der Waals surface area contributed by atoms with Crippen LogP contribution in [0, 0.1) is 0 Å². The van der Waals surface area contributed by atoms with Gasteiger partial charge in [0, 0.05) is 15.7 Å². The second-order valence-corrected chi connectivity index (χ2v) is 4.35. The highest BCUT2D eigenvalue weighted by molar-refractivity contribution is 7.99. The third kappa shape index (κ3) is 4.32. The van der Waals surface area contributed by atoms with Crippen LogP contribution in [-0.4, -0.2) is 23.1 Å². The van der Waals surface area contributed by atoms with Gasteiger partial charge in [0.15, 0.2) is 6.10 Å². The first kappa shape index (κ1) is 12.7. The van der Waals surface area contributed by atoms with Gasteiger partial charge in [0.25, 0.3) is 0 Å². The van der Waals surface area contributed by atoms with E-state index in [1.165, 1.54) is 0 Å². The zero-order valence-electron chi connectivity index (χ0n) is 7.46. The lowest BCUT2D eigenvalue weighted by Crippen LogP contribution is -2.30. The summed E-state index contributed by atoms with van der Waals surface area (Å²) in [5.41, 5.74) is 0. The molecule has 0 aromatic heterocycles. The van der Waals surface area contributed by atoms with Crippen LogP contribution in [0.5, 0.6) is 0 Å².